The van der Waals surface area contributed by atoms with E-state index in [4.69, 9.17) is 0 Å². The zero-order valence-corrected chi connectivity index (χ0v) is 20.2. The van der Waals surface area contributed by atoms with Crippen molar-refractivity contribution in [2.75, 3.05) is 5.32 Å². The molecule has 1 aliphatic carbocycles. The van der Waals surface area contributed by atoms with E-state index in [1.807, 2.05) is 49.5 Å². The van der Waals surface area contributed by atoms with Crippen molar-refractivity contribution in [3.63, 3.8) is 0 Å². The molecule has 3 heterocycles. The number of carbonyl (C=O) groups is 1. The molecule has 0 fully saturated rings. The van der Waals surface area contributed by atoms with Gasteiger partial charge in [0.1, 0.15) is 22.7 Å². The normalized spacial score (nSPS) is 16.8. The minimum absolute atomic E-state index is 0.301. The fourth-order valence-corrected chi connectivity index (χ4v) is 6.77. The summed E-state index contributed by atoms with van der Waals surface area (Å²) in [6.07, 6.45) is 6.33. The van der Waals surface area contributed by atoms with Crippen LogP contribution in [-0.2, 0) is 19.4 Å². The van der Waals surface area contributed by atoms with E-state index in [2.05, 4.69) is 9.88 Å². The van der Waals surface area contributed by atoms with Crippen molar-refractivity contribution in [1.29, 1.82) is 0 Å². The van der Waals surface area contributed by atoms with Crippen LogP contribution in [0.15, 0.2) is 60.8 Å². The molecule has 1 aliphatic heterocycles. The SMILES string of the molecule is Cc1ccccc1NC(=O)N1Cc2c(sc3c2CCCC3)-n2cccc2[C@H]1c1cc(F)cc(F)c1. The number of nitrogens with zero attached hydrogens (tertiary/aromatic N) is 2. The molecule has 0 saturated heterocycles. The van der Waals surface area contributed by atoms with Crippen molar-refractivity contribution < 1.29 is 13.6 Å². The van der Waals surface area contributed by atoms with Gasteiger partial charge in [-0.15, -0.1) is 11.3 Å². The number of aromatic nitrogens is 1. The molecule has 7 heteroatoms. The number of carbonyl (C=O) groups excluding carboxylic acids is 1. The molecule has 2 aromatic carbocycles. The smallest absolute Gasteiger partial charge is 0.310 e. The summed E-state index contributed by atoms with van der Waals surface area (Å²) in [7, 11) is 0. The van der Waals surface area contributed by atoms with Crippen molar-refractivity contribution in [3.05, 3.63) is 105 Å². The monoisotopic (exact) mass is 489 g/mol. The number of benzene rings is 2. The van der Waals surface area contributed by atoms with E-state index in [9.17, 15) is 13.6 Å². The molecular weight excluding hydrogens is 464 g/mol. The third-order valence-corrected chi connectivity index (χ3v) is 8.36. The predicted octanol–water partition coefficient (Wildman–Crippen LogP) is 7.14. The number of amides is 2. The second-order valence-corrected chi connectivity index (χ2v) is 10.4. The van der Waals surface area contributed by atoms with E-state index >= 15 is 0 Å². The lowest BCUT2D eigenvalue weighted by Gasteiger charge is -2.31. The van der Waals surface area contributed by atoms with Gasteiger partial charge in [-0.1, -0.05) is 18.2 Å². The molecule has 0 bridgehead atoms. The van der Waals surface area contributed by atoms with Gasteiger partial charge in [0.15, 0.2) is 0 Å². The minimum atomic E-state index is -0.659. The third-order valence-electron chi connectivity index (χ3n) is 7.03. The largest absolute Gasteiger partial charge is 0.322 e. The topological polar surface area (TPSA) is 37.3 Å². The summed E-state index contributed by atoms with van der Waals surface area (Å²) in [6.45, 7) is 2.30. The number of fused-ring (bicyclic) bond motifs is 5. The van der Waals surface area contributed by atoms with Gasteiger partial charge >= 0.3 is 6.03 Å². The van der Waals surface area contributed by atoms with Gasteiger partial charge in [0.2, 0.25) is 0 Å². The lowest BCUT2D eigenvalue weighted by atomic mass is 9.95. The summed E-state index contributed by atoms with van der Waals surface area (Å²) < 4.78 is 30.9. The first-order chi connectivity index (χ1) is 17.0. The first-order valence-electron chi connectivity index (χ1n) is 11.9. The average molecular weight is 490 g/mol. The minimum Gasteiger partial charge on any atom is -0.310 e. The molecule has 0 spiro atoms. The molecule has 178 valence electrons. The first kappa shape index (κ1) is 22.0. The van der Waals surface area contributed by atoms with Gasteiger partial charge in [0.05, 0.1) is 12.2 Å². The number of nitrogens with one attached hydrogen (secondary N) is 1. The number of aryl methyl sites for hydroxylation is 2. The molecular formula is C28H25F2N3OS. The van der Waals surface area contributed by atoms with Crippen molar-refractivity contribution >= 4 is 23.1 Å². The Morgan fingerprint density at radius 2 is 1.77 bits per heavy atom. The Bertz CT molecular complexity index is 1420. The lowest BCUT2D eigenvalue weighted by Crippen LogP contribution is -2.38. The summed E-state index contributed by atoms with van der Waals surface area (Å²) >= 11 is 1.78. The van der Waals surface area contributed by atoms with Gasteiger partial charge in [-0.3, -0.25) is 0 Å². The lowest BCUT2D eigenvalue weighted by molar-refractivity contribution is 0.194. The zero-order chi connectivity index (χ0) is 24.1. The van der Waals surface area contributed by atoms with Gasteiger partial charge in [-0.25, -0.2) is 13.6 Å². The van der Waals surface area contributed by atoms with Crippen LogP contribution >= 0.6 is 11.3 Å². The number of hydrogen-bond acceptors (Lipinski definition) is 2. The van der Waals surface area contributed by atoms with Crippen LogP contribution in [0.2, 0.25) is 0 Å². The van der Waals surface area contributed by atoms with E-state index in [0.717, 1.165) is 47.2 Å². The number of thiophene rings is 1. The summed E-state index contributed by atoms with van der Waals surface area (Å²) in [4.78, 5) is 17.0. The van der Waals surface area contributed by atoms with Crippen LogP contribution in [0.1, 0.15) is 51.7 Å². The fourth-order valence-electron chi connectivity index (χ4n) is 5.37. The number of urea groups is 1. The van der Waals surface area contributed by atoms with Crippen LogP contribution in [0.4, 0.5) is 19.3 Å². The van der Waals surface area contributed by atoms with Crippen LogP contribution < -0.4 is 5.32 Å². The van der Waals surface area contributed by atoms with Gasteiger partial charge in [-0.2, -0.15) is 0 Å². The maximum atomic E-state index is 14.4. The number of anilines is 1. The maximum absolute atomic E-state index is 14.4. The van der Waals surface area contributed by atoms with Crippen LogP contribution in [0, 0.1) is 18.6 Å². The molecule has 0 saturated carbocycles. The van der Waals surface area contributed by atoms with Crippen LogP contribution in [0.3, 0.4) is 0 Å². The van der Waals surface area contributed by atoms with Crippen molar-refractivity contribution in [3.8, 4) is 5.00 Å². The van der Waals surface area contributed by atoms with Crippen molar-refractivity contribution in [2.24, 2.45) is 0 Å². The summed E-state index contributed by atoms with van der Waals surface area (Å²) in [6, 6.07) is 14.0. The predicted molar refractivity (Wildman–Crippen MR) is 134 cm³/mol. The molecule has 4 aromatic rings. The van der Waals surface area contributed by atoms with Crippen LogP contribution in [-0.4, -0.2) is 15.5 Å². The Hall–Kier alpha value is -3.45. The Labute approximate surface area is 206 Å². The number of halogens is 2. The highest BCUT2D eigenvalue weighted by Crippen LogP contribution is 2.44. The van der Waals surface area contributed by atoms with E-state index in [0.29, 0.717) is 17.8 Å². The molecule has 2 aliphatic rings. The first-order valence-corrected chi connectivity index (χ1v) is 12.7. The van der Waals surface area contributed by atoms with E-state index in [1.54, 1.807) is 16.2 Å². The number of rotatable bonds is 2. The second kappa shape index (κ2) is 8.64. The molecule has 1 N–H and O–H groups in total. The third kappa shape index (κ3) is 3.84. The fraction of sp³-hybridized carbons (Fsp3) is 0.250. The van der Waals surface area contributed by atoms with Crippen LogP contribution in [0.25, 0.3) is 5.00 Å². The molecule has 2 aromatic heterocycles. The van der Waals surface area contributed by atoms with Gasteiger partial charge in [-0.05, 0) is 79.6 Å². The molecule has 1 atom stereocenters. The molecule has 6 rings (SSSR count). The average Bonchev–Trinajstić information content (AvgIpc) is 3.41. The van der Waals surface area contributed by atoms with E-state index in [1.165, 1.54) is 29.0 Å². The van der Waals surface area contributed by atoms with Crippen LogP contribution in [0.5, 0.6) is 0 Å². The van der Waals surface area contributed by atoms with Gasteiger partial charge in [0, 0.05) is 28.4 Å². The molecule has 0 unspecified atom stereocenters. The number of para-hydroxylation sites is 1. The maximum Gasteiger partial charge on any atom is 0.322 e. The zero-order valence-electron chi connectivity index (χ0n) is 19.4. The molecule has 4 nitrogen and oxygen atoms in total. The quantitative estimate of drug-likeness (QED) is 0.319. The molecule has 2 amide bonds. The standard InChI is InChI=1S/C28H25F2N3OS/c1-17-7-2-4-9-23(17)31-28(34)33-16-22-21-8-3-5-11-25(21)35-27(22)32-12-6-10-24(32)26(33)18-13-19(29)15-20(30)14-18/h2,4,6-7,9-10,12-15,26H,3,5,8,11,16H2,1H3,(H,31,34)/t26-/m1/s1. The molecule has 35 heavy (non-hydrogen) atoms. The van der Waals surface area contributed by atoms with E-state index < -0.39 is 17.7 Å². The van der Waals surface area contributed by atoms with Gasteiger partial charge < -0.3 is 14.8 Å². The highest BCUT2D eigenvalue weighted by Gasteiger charge is 2.36. The number of hydrogen-bond donors (Lipinski definition) is 1. The summed E-state index contributed by atoms with van der Waals surface area (Å²) in [5.41, 5.74) is 5.35. The Balaban J connectivity index is 1.53. The Kier molecular flexibility index (Phi) is 5.44. The molecule has 0 radical (unpaired) electrons. The van der Waals surface area contributed by atoms with Crippen molar-refractivity contribution in [2.45, 2.75) is 45.2 Å². The highest BCUT2D eigenvalue weighted by atomic mass is 32.1. The van der Waals surface area contributed by atoms with E-state index in [-0.39, 0.29) is 6.03 Å². The summed E-state index contributed by atoms with van der Waals surface area (Å²) in [5.74, 6) is -1.32. The van der Waals surface area contributed by atoms with Gasteiger partial charge in [0.25, 0.3) is 0 Å². The Morgan fingerprint density at radius 1 is 1.00 bits per heavy atom. The van der Waals surface area contributed by atoms with Crippen molar-refractivity contribution in [1.82, 2.24) is 9.47 Å². The second-order valence-electron chi connectivity index (χ2n) is 9.28. The highest BCUT2D eigenvalue weighted by molar-refractivity contribution is 7.15. The Morgan fingerprint density at radius 3 is 2.57 bits per heavy atom. The summed E-state index contributed by atoms with van der Waals surface area (Å²) in [5, 5.41) is 4.16.